The lowest BCUT2D eigenvalue weighted by Crippen LogP contribution is -2.27. The van der Waals surface area contributed by atoms with Crippen molar-refractivity contribution in [3.05, 3.63) is 59.7 Å². The normalized spacial score (nSPS) is 11.7. The minimum atomic E-state index is -3.69. The topological polar surface area (TPSA) is 75.7 Å². The van der Waals surface area contributed by atoms with Crippen LogP contribution in [-0.4, -0.2) is 45.5 Å². The number of hydrogen-bond acceptors (Lipinski definition) is 5. The van der Waals surface area contributed by atoms with E-state index in [-0.39, 0.29) is 4.90 Å². The lowest BCUT2D eigenvalue weighted by Gasteiger charge is -2.17. The van der Waals surface area contributed by atoms with Gasteiger partial charge in [0, 0.05) is 12.2 Å². The number of hydrogen-bond donors (Lipinski definition) is 1. The second-order valence-electron chi connectivity index (χ2n) is 7.59. The Balaban J connectivity index is 1.96. The lowest BCUT2D eigenvalue weighted by molar-refractivity contribution is 0.0466. The molecule has 164 valence electrons. The molecule has 0 amide bonds. The van der Waals surface area contributed by atoms with E-state index in [1.165, 1.54) is 0 Å². The van der Waals surface area contributed by atoms with Crippen molar-refractivity contribution in [2.45, 2.75) is 39.0 Å². The van der Waals surface area contributed by atoms with Crippen molar-refractivity contribution < 1.29 is 17.9 Å². The van der Waals surface area contributed by atoms with E-state index in [1.807, 2.05) is 12.1 Å². The Morgan fingerprint density at radius 1 is 1.00 bits per heavy atom. The number of carbonyl (C=O) groups excluding carboxylic acids is 1. The first-order valence-corrected chi connectivity index (χ1v) is 11.8. The number of carbonyl (C=O) groups is 1. The monoisotopic (exact) mass is 432 g/mol. The molecule has 1 N–H and O–H groups in total. The van der Waals surface area contributed by atoms with Gasteiger partial charge in [-0.3, -0.25) is 4.72 Å². The number of ether oxygens (including phenoxy) is 1. The number of rotatable bonds is 11. The smallest absolute Gasteiger partial charge is 0.338 e. The third-order valence-electron chi connectivity index (χ3n) is 4.79. The van der Waals surface area contributed by atoms with Gasteiger partial charge in [-0.1, -0.05) is 39.8 Å². The minimum Gasteiger partial charge on any atom is -0.461 e. The average molecular weight is 433 g/mol. The molecule has 0 atom stereocenters. The molecule has 0 aliphatic carbocycles. The van der Waals surface area contributed by atoms with Crippen LogP contribution in [0, 0.1) is 5.92 Å². The van der Waals surface area contributed by atoms with Crippen LogP contribution in [0.25, 0.3) is 0 Å². The Bertz CT molecular complexity index is 903. The van der Waals surface area contributed by atoms with E-state index in [9.17, 15) is 13.2 Å². The van der Waals surface area contributed by atoms with Crippen molar-refractivity contribution in [1.82, 2.24) is 4.90 Å². The highest BCUT2D eigenvalue weighted by Crippen LogP contribution is 2.18. The zero-order valence-corrected chi connectivity index (χ0v) is 19.0. The van der Waals surface area contributed by atoms with E-state index in [4.69, 9.17) is 4.74 Å². The minimum absolute atomic E-state index is 0.204. The molecule has 2 rings (SSSR count). The van der Waals surface area contributed by atoms with E-state index in [0.29, 0.717) is 30.3 Å². The van der Waals surface area contributed by atoms with Gasteiger partial charge in [-0.2, -0.15) is 0 Å². The van der Waals surface area contributed by atoms with Crippen LogP contribution >= 0.6 is 0 Å². The maximum Gasteiger partial charge on any atom is 0.338 e. The number of benzene rings is 2. The van der Waals surface area contributed by atoms with Gasteiger partial charge >= 0.3 is 5.97 Å². The highest BCUT2D eigenvalue weighted by molar-refractivity contribution is 7.92. The fourth-order valence-corrected chi connectivity index (χ4v) is 4.11. The van der Waals surface area contributed by atoms with Crippen LogP contribution in [-0.2, 0) is 21.2 Å². The summed E-state index contributed by atoms with van der Waals surface area (Å²) in [6, 6.07) is 13.1. The standard InChI is InChI=1S/C23H32N2O4S/c1-5-25(6-2)15-16-29-23(26)20-9-11-21(12-10-20)24-30(27,28)22-13-7-19(8-14-22)17-18(3)4/h7-14,18,24H,5-6,15-17H2,1-4H3. The molecule has 7 heteroatoms. The van der Waals surface area contributed by atoms with Crippen LogP contribution in [0.1, 0.15) is 43.6 Å². The van der Waals surface area contributed by atoms with Crippen molar-refractivity contribution in [2.75, 3.05) is 31.0 Å². The zero-order valence-electron chi connectivity index (χ0n) is 18.2. The van der Waals surface area contributed by atoms with Gasteiger partial charge in [0.05, 0.1) is 10.5 Å². The summed E-state index contributed by atoms with van der Waals surface area (Å²) in [6.07, 6.45) is 0.903. The van der Waals surface area contributed by atoms with Gasteiger partial charge in [-0.25, -0.2) is 13.2 Å². The Kier molecular flexibility index (Phi) is 8.87. The Morgan fingerprint density at radius 3 is 2.13 bits per heavy atom. The molecule has 0 heterocycles. The molecule has 6 nitrogen and oxygen atoms in total. The fourth-order valence-electron chi connectivity index (χ4n) is 3.06. The molecule has 0 bridgehead atoms. The SMILES string of the molecule is CCN(CC)CCOC(=O)c1ccc(NS(=O)(=O)c2ccc(CC(C)C)cc2)cc1. The molecule has 0 aromatic heterocycles. The van der Waals surface area contributed by atoms with Crippen LogP contribution in [0.3, 0.4) is 0 Å². The van der Waals surface area contributed by atoms with Gasteiger partial charge in [0.1, 0.15) is 6.61 Å². The highest BCUT2D eigenvalue weighted by atomic mass is 32.2. The van der Waals surface area contributed by atoms with Gasteiger partial charge in [0.25, 0.3) is 10.0 Å². The average Bonchev–Trinajstić information content (AvgIpc) is 2.71. The van der Waals surface area contributed by atoms with Gasteiger partial charge < -0.3 is 9.64 Å². The molecule has 0 saturated carbocycles. The summed E-state index contributed by atoms with van der Waals surface area (Å²) in [6.45, 7) is 11.2. The largest absolute Gasteiger partial charge is 0.461 e. The van der Waals surface area contributed by atoms with E-state index in [0.717, 1.165) is 25.1 Å². The molecule has 0 spiro atoms. The van der Waals surface area contributed by atoms with Crippen molar-refractivity contribution in [3.63, 3.8) is 0 Å². The lowest BCUT2D eigenvalue weighted by atomic mass is 10.0. The molecule has 0 unspecified atom stereocenters. The summed E-state index contributed by atoms with van der Waals surface area (Å²) in [5, 5.41) is 0. The Hall–Kier alpha value is -2.38. The molecule has 0 saturated heterocycles. The Morgan fingerprint density at radius 2 is 1.60 bits per heavy atom. The summed E-state index contributed by atoms with van der Waals surface area (Å²) >= 11 is 0. The number of esters is 1. The van der Waals surface area contributed by atoms with Crippen LogP contribution in [0.15, 0.2) is 53.4 Å². The molecular formula is C23H32N2O4S. The van der Waals surface area contributed by atoms with Crippen LogP contribution in [0.2, 0.25) is 0 Å². The van der Waals surface area contributed by atoms with Crippen molar-refractivity contribution in [1.29, 1.82) is 0 Å². The molecule has 2 aromatic rings. The summed E-state index contributed by atoms with van der Waals surface area (Å²) in [7, 11) is -3.69. The van der Waals surface area contributed by atoms with E-state index in [2.05, 4.69) is 37.3 Å². The zero-order chi connectivity index (χ0) is 22.1. The third-order valence-corrected chi connectivity index (χ3v) is 6.18. The van der Waals surface area contributed by atoms with Gasteiger partial charge in [0.15, 0.2) is 0 Å². The van der Waals surface area contributed by atoms with Crippen LogP contribution in [0.5, 0.6) is 0 Å². The molecule has 0 fully saturated rings. The maximum atomic E-state index is 12.6. The number of likely N-dealkylation sites (N-methyl/N-ethyl adjacent to an activating group) is 1. The summed E-state index contributed by atoms with van der Waals surface area (Å²) in [5.41, 5.74) is 1.88. The predicted molar refractivity (Wildman–Crippen MR) is 120 cm³/mol. The van der Waals surface area contributed by atoms with Gasteiger partial charge in [-0.05, 0) is 67.4 Å². The first-order chi connectivity index (χ1) is 14.2. The molecular weight excluding hydrogens is 400 g/mol. The highest BCUT2D eigenvalue weighted by Gasteiger charge is 2.15. The van der Waals surface area contributed by atoms with E-state index < -0.39 is 16.0 Å². The quantitative estimate of drug-likeness (QED) is 0.539. The van der Waals surface area contributed by atoms with Crippen LogP contribution < -0.4 is 4.72 Å². The third kappa shape index (κ3) is 7.15. The second-order valence-corrected chi connectivity index (χ2v) is 9.27. The maximum absolute atomic E-state index is 12.6. The van der Waals surface area contributed by atoms with E-state index >= 15 is 0 Å². The van der Waals surface area contributed by atoms with E-state index in [1.54, 1.807) is 36.4 Å². The summed E-state index contributed by atoms with van der Waals surface area (Å²) in [5.74, 6) is 0.0883. The molecule has 0 aliphatic heterocycles. The second kappa shape index (κ2) is 11.1. The predicted octanol–water partition coefficient (Wildman–Crippen LogP) is 4.18. The van der Waals surface area contributed by atoms with Crippen LogP contribution in [0.4, 0.5) is 5.69 Å². The number of nitrogens with zero attached hydrogens (tertiary/aromatic N) is 1. The summed E-state index contributed by atoms with van der Waals surface area (Å²) in [4.78, 5) is 14.5. The number of sulfonamides is 1. The Labute approximate surface area is 180 Å². The molecule has 30 heavy (non-hydrogen) atoms. The van der Waals surface area contributed by atoms with Crippen molar-refractivity contribution in [3.8, 4) is 0 Å². The van der Waals surface area contributed by atoms with Gasteiger partial charge in [0.2, 0.25) is 0 Å². The van der Waals surface area contributed by atoms with Gasteiger partial charge in [-0.15, -0.1) is 0 Å². The summed E-state index contributed by atoms with van der Waals surface area (Å²) < 4.78 is 33.1. The molecule has 0 radical (unpaired) electrons. The van der Waals surface area contributed by atoms with Crippen molar-refractivity contribution in [2.24, 2.45) is 5.92 Å². The van der Waals surface area contributed by atoms with Crippen molar-refractivity contribution >= 4 is 21.7 Å². The first-order valence-electron chi connectivity index (χ1n) is 10.4. The fraction of sp³-hybridized carbons (Fsp3) is 0.435. The first kappa shape index (κ1) is 23.9. The molecule has 2 aromatic carbocycles. The number of nitrogens with one attached hydrogen (secondary N) is 1. The number of anilines is 1. The molecule has 0 aliphatic rings.